The van der Waals surface area contributed by atoms with Crippen LogP contribution < -0.4 is 0 Å². The van der Waals surface area contributed by atoms with Gasteiger partial charge in [0.15, 0.2) is 0 Å². The van der Waals surface area contributed by atoms with E-state index in [0.29, 0.717) is 18.8 Å². The molecule has 28 heavy (non-hydrogen) atoms. The van der Waals surface area contributed by atoms with Gasteiger partial charge >= 0.3 is 5.97 Å². The van der Waals surface area contributed by atoms with Crippen molar-refractivity contribution in [1.29, 1.82) is 0 Å². The number of ether oxygens (including phenoxy) is 1. The number of amides is 1. The molecule has 0 atom stereocenters. The molecule has 0 aromatic carbocycles. The number of hydrogen-bond acceptors (Lipinski definition) is 6. The third-order valence-corrected chi connectivity index (χ3v) is 6.96. The number of rotatable bonds is 4. The summed E-state index contributed by atoms with van der Waals surface area (Å²) in [5.74, 6) is -0.277. The molecule has 146 valence electrons. The average molecular weight is 416 g/mol. The van der Waals surface area contributed by atoms with Crippen molar-refractivity contribution in [3.8, 4) is 10.6 Å². The van der Waals surface area contributed by atoms with Crippen molar-refractivity contribution in [2.75, 3.05) is 20.2 Å². The van der Waals surface area contributed by atoms with E-state index in [1.165, 1.54) is 18.4 Å². The highest BCUT2D eigenvalue weighted by atomic mass is 32.1. The Morgan fingerprint density at radius 1 is 1.25 bits per heavy atom. The number of methoxy groups -OCH3 is 1. The molecule has 0 saturated carbocycles. The molecule has 0 unspecified atom stereocenters. The standard InChI is InChI=1S/C20H21N3O3S2/c1-13-17(28-18(21-13)14-7-11-27-12-14)19(24)22-9-5-15(6-10-22)23-8-3-4-16(23)20(25)26-2/h3-4,7-8,11-12,15H,5-6,9-10H2,1-2H3. The van der Waals surface area contributed by atoms with Crippen LogP contribution in [0.5, 0.6) is 0 Å². The summed E-state index contributed by atoms with van der Waals surface area (Å²) in [6, 6.07) is 5.85. The lowest BCUT2D eigenvalue weighted by atomic mass is 10.0. The van der Waals surface area contributed by atoms with Gasteiger partial charge < -0.3 is 14.2 Å². The van der Waals surface area contributed by atoms with Crippen molar-refractivity contribution < 1.29 is 14.3 Å². The van der Waals surface area contributed by atoms with Gasteiger partial charge in [-0.2, -0.15) is 11.3 Å². The fourth-order valence-corrected chi connectivity index (χ4v) is 5.33. The number of esters is 1. The maximum Gasteiger partial charge on any atom is 0.354 e. The summed E-state index contributed by atoms with van der Waals surface area (Å²) in [7, 11) is 1.39. The monoisotopic (exact) mass is 415 g/mol. The SMILES string of the molecule is COC(=O)c1cccn1C1CCN(C(=O)c2sc(-c3ccsc3)nc2C)CC1. The summed E-state index contributed by atoms with van der Waals surface area (Å²) in [4.78, 5) is 32.2. The number of nitrogens with zero attached hydrogens (tertiary/aromatic N) is 3. The largest absolute Gasteiger partial charge is 0.464 e. The van der Waals surface area contributed by atoms with Crippen LogP contribution in [0.2, 0.25) is 0 Å². The van der Waals surface area contributed by atoms with Crippen molar-refractivity contribution in [3.05, 3.63) is 51.4 Å². The van der Waals surface area contributed by atoms with Gasteiger partial charge in [0, 0.05) is 36.3 Å². The van der Waals surface area contributed by atoms with E-state index in [2.05, 4.69) is 4.98 Å². The predicted octanol–water partition coefficient (Wildman–Crippen LogP) is 4.25. The summed E-state index contributed by atoms with van der Waals surface area (Å²) < 4.78 is 6.83. The minimum Gasteiger partial charge on any atom is -0.464 e. The number of aromatic nitrogens is 2. The van der Waals surface area contributed by atoms with E-state index in [1.807, 2.05) is 45.5 Å². The van der Waals surface area contributed by atoms with E-state index in [0.717, 1.165) is 34.0 Å². The normalized spacial score (nSPS) is 15.0. The van der Waals surface area contributed by atoms with Crippen molar-refractivity contribution >= 4 is 34.6 Å². The summed E-state index contributed by atoms with van der Waals surface area (Å²) in [6.07, 6.45) is 3.52. The van der Waals surface area contributed by atoms with E-state index in [9.17, 15) is 9.59 Å². The van der Waals surface area contributed by atoms with Gasteiger partial charge in [-0.15, -0.1) is 11.3 Å². The van der Waals surface area contributed by atoms with Crippen molar-refractivity contribution in [2.24, 2.45) is 0 Å². The van der Waals surface area contributed by atoms with E-state index in [4.69, 9.17) is 4.74 Å². The number of likely N-dealkylation sites (tertiary alicyclic amines) is 1. The maximum absolute atomic E-state index is 13.0. The van der Waals surface area contributed by atoms with E-state index < -0.39 is 0 Å². The van der Waals surface area contributed by atoms with Gasteiger partial charge in [-0.3, -0.25) is 4.79 Å². The fourth-order valence-electron chi connectivity index (χ4n) is 3.58. The minimum atomic E-state index is -0.329. The van der Waals surface area contributed by atoms with E-state index in [1.54, 1.807) is 17.4 Å². The second-order valence-corrected chi connectivity index (χ2v) is 8.54. The van der Waals surface area contributed by atoms with Crippen LogP contribution in [0.15, 0.2) is 35.2 Å². The van der Waals surface area contributed by atoms with Crippen LogP contribution in [0.4, 0.5) is 0 Å². The molecule has 1 amide bonds. The predicted molar refractivity (Wildman–Crippen MR) is 110 cm³/mol. The number of aryl methyl sites for hydroxylation is 1. The molecule has 3 aromatic rings. The first-order chi connectivity index (χ1) is 13.6. The molecule has 0 radical (unpaired) electrons. The van der Waals surface area contributed by atoms with Gasteiger partial charge in [0.2, 0.25) is 0 Å². The molecule has 0 spiro atoms. The van der Waals surface area contributed by atoms with Gasteiger partial charge in [0.25, 0.3) is 5.91 Å². The van der Waals surface area contributed by atoms with E-state index in [-0.39, 0.29) is 17.9 Å². The Morgan fingerprint density at radius 2 is 2.04 bits per heavy atom. The Morgan fingerprint density at radius 3 is 2.71 bits per heavy atom. The third kappa shape index (κ3) is 3.49. The number of carbonyl (C=O) groups excluding carboxylic acids is 2. The van der Waals surface area contributed by atoms with Crippen molar-refractivity contribution in [1.82, 2.24) is 14.5 Å². The molecule has 1 fully saturated rings. The van der Waals surface area contributed by atoms with Gasteiger partial charge in [-0.25, -0.2) is 9.78 Å². The molecule has 1 aliphatic heterocycles. The number of piperidine rings is 1. The maximum atomic E-state index is 13.0. The Bertz CT molecular complexity index is 982. The highest BCUT2D eigenvalue weighted by molar-refractivity contribution is 7.17. The van der Waals surface area contributed by atoms with Crippen molar-refractivity contribution in [3.63, 3.8) is 0 Å². The van der Waals surface area contributed by atoms with Crippen LogP contribution in [0.3, 0.4) is 0 Å². The third-order valence-electron chi connectivity index (χ3n) is 5.08. The molecule has 1 saturated heterocycles. The average Bonchev–Trinajstić information content (AvgIpc) is 3.47. The van der Waals surface area contributed by atoms with Crippen LogP contribution in [-0.4, -0.2) is 46.5 Å². The first-order valence-corrected chi connectivity index (χ1v) is 10.9. The summed E-state index contributed by atoms with van der Waals surface area (Å²) >= 11 is 3.09. The highest BCUT2D eigenvalue weighted by Crippen LogP contribution is 2.32. The van der Waals surface area contributed by atoms with Gasteiger partial charge in [-0.1, -0.05) is 0 Å². The molecule has 0 aliphatic carbocycles. The zero-order chi connectivity index (χ0) is 19.7. The van der Waals surface area contributed by atoms with Gasteiger partial charge in [-0.05, 0) is 43.3 Å². The highest BCUT2D eigenvalue weighted by Gasteiger charge is 2.28. The molecular formula is C20H21N3O3S2. The van der Waals surface area contributed by atoms with Crippen LogP contribution in [0.25, 0.3) is 10.6 Å². The van der Waals surface area contributed by atoms with Crippen LogP contribution >= 0.6 is 22.7 Å². The molecule has 0 N–H and O–H groups in total. The lowest BCUT2D eigenvalue weighted by molar-refractivity contribution is 0.0573. The second kappa shape index (κ2) is 7.89. The minimum absolute atomic E-state index is 0.0515. The van der Waals surface area contributed by atoms with Crippen LogP contribution in [-0.2, 0) is 4.74 Å². The Kier molecular flexibility index (Phi) is 5.32. The van der Waals surface area contributed by atoms with Gasteiger partial charge in [0.05, 0.1) is 12.8 Å². The summed E-state index contributed by atoms with van der Waals surface area (Å²) in [5, 5.41) is 4.96. The van der Waals surface area contributed by atoms with Crippen molar-refractivity contribution in [2.45, 2.75) is 25.8 Å². The molecule has 0 bridgehead atoms. The molecule has 3 aromatic heterocycles. The second-order valence-electron chi connectivity index (χ2n) is 6.76. The Labute approximate surface area is 171 Å². The Balaban J connectivity index is 1.45. The summed E-state index contributed by atoms with van der Waals surface area (Å²) in [6.45, 7) is 3.22. The number of thiophene rings is 1. The topological polar surface area (TPSA) is 64.4 Å². The van der Waals surface area contributed by atoms with Gasteiger partial charge in [0.1, 0.15) is 15.6 Å². The molecule has 4 rings (SSSR count). The van der Waals surface area contributed by atoms with Crippen LogP contribution in [0.1, 0.15) is 44.7 Å². The number of hydrogen-bond donors (Lipinski definition) is 0. The zero-order valence-corrected chi connectivity index (χ0v) is 17.4. The Hall–Kier alpha value is -2.45. The van der Waals surface area contributed by atoms with E-state index >= 15 is 0 Å². The molecular weight excluding hydrogens is 394 g/mol. The molecule has 1 aliphatic rings. The zero-order valence-electron chi connectivity index (χ0n) is 15.8. The fraction of sp³-hybridized carbons (Fsp3) is 0.350. The van der Waals surface area contributed by atoms with Crippen LogP contribution in [0, 0.1) is 6.92 Å². The number of carbonyl (C=O) groups is 2. The number of thiazole rings is 1. The summed E-state index contributed by atoms with van der Waals surface area (Å²) in [5.41, 5.74) is 2.42. The smallest absolute Gasteiger partial charge is 0.354 e. The first kappa shape index (κ1) is 18.9. The molecule has 4 heterocycles. The first-order valence-electron chi connectivity index (χ1n) is 9.13. The lowest BCUT2D eigenvalue weighted by Gasteiger charge is -2.33. The lowest BCUT2D eigenvalue weighted by Crippen LogP contribution is -2.39. The molecule has 8 heteroatoms. The quantitative estimate of drug-likeness (QED) is 0.598. The molecule has 6 nitrogen and oxygen atoms in total.